The number of nitrogens with two attached hydrogens (primary N) is 2. The predicted molar refractivity (Wildman–Crippen MR) is 207 cm³/mol. The summed E-state index contributed by atoms with van der Waals surface area (Å²) in [6.07, 6.45) is 5.47. The molecule has 1 spiro atoms. The summed E-state index contributed by atoms with van der Waals surface area (Å²) in [6.45, 7) is 8.73. The van der Waals surface area contributed by atoms with E-state index in [-0.39, 0.29) is 11.7 Å². The van der Waals surface area contributed by atoms with Crippen LogP contribution in [-0.4, -0.2) is 11.7 Å². The Morgan fingerprint density at radius 3 is 1.84 bits per heavy atom. The van der Waals surface area contributed by atoms with Crippen LogP contribution in [0.4, 0.5) is 11.5 Å². The molecular weight excluding hydrogens is 645 g/mol. The SMILES string of the molecule is CC(CCC1(C)c2ccccc2P(=O)(C(C)C)c2c1ccc[n+]2N)N1c2ccccc2C2(c3ccccc3-c3ccccc32)c2ccc[n+](N)c21. The number of hydrogen-bond acceptors (Lipinski definition) is 4. The zero-order valence-electron chi connectivity index (χ0n) is 29.6. The fourth-order valence-electron chi connectivity index (χ4n) is 9.79. The maximum Gasteiger partial charge on any atom is 0.309 e. The van der Waals surface area contributed by atoms with Gasteiger partial charge in [0.2, 0.25) is 7.14 Å². The van der Waals surface area contributed by atoms with E-state index in [0.29, 0.717) is 0 Å². The van der Waals surface area contributed by atoms with E-state index in [2.05, 4.69) is 142 Å². The summed E-state index contributed by atoms with van der Waals surface area (Å²) >= 11 is 0. The molecule has 4 aromatic carbocycles. The molecule has 0 fully saturated rings. The van der Waals surface area contributed by atoms with Crippen molar-refractivity contribution < 1.29 is 13.9 Å². The molecule has 7 heteroatoms. The number of fused-ring (bicyclic) bond motifs is 11. The Morgan fingerprint density at radius 2 is 1.18 bits per heavy atom. The third-order valence-corrected chi connectivity index (χ3v) is 15.8. The fraction of sp³-hybridized carbons (Fsp3) is 0.227. The quantitative estimate of drug-likeness (QED) is 0.120. The van der Waals surface area contributed by atoms with Crippen LogP contribution in [-0.2, 0) is 15.4 Å². The Kier molecular flexibility index (Phi) is 6.95. The molecule has 6 aromatic rings. The molecule has 3 atom stereocenters. The molecule has 254 valence electrons. The fourth-order valence-corrected chi connectivity index (χ4v) is 13.1. The van der Waals surface area contributed by atoms with Gasteiger partial charge in [-0.05, 0) is 71.8 Å². The number of rotatable bonds is 5. The minimum absolute atomic E-state index is 0.0614. The molecule has 4 heterocycles. The van der Waals surface area contributed by atoms with Crippen molar-refractivity contribution in [2.45, 2.75) is 63.1 Å². The molecule has 9 rings (SSSR count). The van der Waals surface area contributed by atoms with Gasteiger partial charge in [-0.2, -0.15) is 0 Å². The van der Waals surface area contributed by atoms with Gasteiger partial charge in [0.15, 0.2) is 6.20 Å². The number of nitrogens with zero attached hydrogens (tertiary/aromatic N) is 3. The van der Waals surface area contributed by atoms with E-state index in [1.54, 1.807) is 4.68 Å². The molecule has 3 unspecified atom stereocenters. The van der Waals surface area contributed by atoms with E-state index < -0.39 is 18.0 Å². The zero-order valence-corrected chi connectivity index (χ0v) is 30.5. The van der Waals surface area contributed by atoms with Crippen LogP contribution in [0, 0.1) is 0 Å². The van der Waals surface area contributed by atoms with Crippen LogP contribution < -0.4 is 36.7 Å². The van der Waals surface area contributed by atoms with Gasteiger partial charge in [0.1, 0.15) is 11.9 Å². The number of pyridine rings is 2. The van der Waals surface area contributed by atoms with Crippen molar-refractivity contribution in [1.29, 1.82) is 0 Å². The van der Waals surface area contributed by atoms with Crippen molar-refractivity contribution in [3.63, 3.8) is 0 Å². The summed E-state index contributed by atoms with van der Waals surface area (Å²) < 4.78 is 18.6. The molecule has 2 aliphatic heterocycles. The molecule has 3 aliphatic rings. The molecule has 0 saturated carbocycles. The molecule has 0 radical (unpaired) electrons. The van der Waals surface area contributed by atoms with Gasteiger partial charge in [-0.3, -0.25) is 5.84 Å². The van der Waals surface area contributed by atoms with E-state index in [0.717, 1.165) is 46.2 Å². The summed E-state index contributed by atoms with van der Waals surface area (Å²) in [5.74, 6) is 14.7. The molecule has 1 aliphatic carbocycles. The standard InChI is InChI=1S/C44H44N5OP/c1-29(2)51(50)40-24-12-10-20-36(40)43(4,38-22-14-28-48(46)42(38)51)26-25-30(3)49-39-23-11-9-19-35(39)44(37-21-13-27-47(45)41(37)49)33-17-7-5-15-31(33)32-16-6-8-18-34(32)44/h5-24,27-30H,25-26,45-46H2,1-4H3/q+2. The lowest BCUT2D eigenvalue weighted by Gasteiger charge is -2.43. The van der Waals surface area contributed by atoms with Crippen LogP contribution in [0.3, 0.4) is 0 Å². The number of anilines is 2. The lowest BCUT2D eigenvalue weighted by Crippen LogP contribution is -2.63. The first-order valence-electron chi connectivity index (χ1n) is 18.0. The van der Waals surface area contributed by atoms with Crippen LogP contribution >= 0.6 is 7.14 Å². The Balaban J connectivity index is 1.20. The van der Waals surface area contributed by atoms with Gasteiger partial charge in [0, 0.05) is 33.6 Å². The third kappa shape index (κ3) is 4.03. The van der Waals surface area contributed by atoms with E-state index in [9.17, 15) is 0 Å². The number of hydrogen-bond donors (Lipinski definition) is 2. The third-order valence-electron chi connectivity index (χ3n) is 12.1. The van der Waals surface area contributed by atoms with E-state index in [1.165, 1.54) is 33.4 Å². The van der Waals surface area contributed by atoms with Gasteiger partial charge in [0.05, 0.1) is 17.0 Å². The molecular formula is C44H44N5OP+2. The smallest absolute Gasteiger partial charge is 0.307 e. The molecule has 2 aromatic heterocycles. The average molecular weight is 690 g/mol. The first-order chi connectivity index (χ1) is 24.6. The topological polar surface area (TPSA) is 80.1 Å². The minimum Gasteiger partial charge on any atom is -0.307 e. The molecule has 0 bridgehead atoms. The first-order valence-corrected chi connectivity index (χ1v) is 19.8. The van der Waals surface area contributed by atoms with Crippen LogP contribution in [0.5, 0.6) is 0 Å². The van der Waals surface area contributed by atoms with Crippen molar-refractivity contribution in [3.8, 4) is 11.1 Å². The average Bonchev–Trinajstić information content (AvgIpc) is 3.44. The van der Waals surface area contributed by atoms with Crippen molar-refractivity contribution in [2.24, 2.45) is 0 Å². The Morgan fingerprint density at radius 1 is 0.647 bits per heavy atom. The maximum atomic E-state index is 15.2. The van der Waals surface area contributed by atoms with Crippen molar-refractivity contribution in [2.75, 3.05) is 16.6 Å². The highest BCUT2D eigenvalue weighted by molar-refractivity contribution is 7.79. The second kappa shape index (κ2) is 11.2. The second-order valence-corrected chi connectivity index (χ2v) is 18.3. The molecule has 6 nitrogen and oxygen atoms in total. The van der Waals surface area contributed by atoms with Crippen LogP contribution in [0.1, 0.15) is 73.9 Å². The van der Waals surface area contributed by atoms with Gasteiger partial charge in [-0.25, -0.2) is 10.7 Å². The highest BCUT2D eigenvalue weighted by Gasteiger charge is 2.57. The lowest BCUT2D eigenvalue weighted by atomic mass is 9.65. The molecule has 0 saturated heterocycles. The second-order valence-electron chi connectivity index (χ2n) is 15.0. The summed E-state index contributed by atoms with van der Waals surface area (Å²) in [4.78, 5) is 2.46. The number of nitrogen functional groups attached to an aromatic ring is 2. The molecule has 0 amide bonds. The summed E-state index contributed by atoms with van der Waals surface area (Å²) in [6, 6.07) is 43.5. The van der Waals surface area contributed by atoms with E-state index >= 15 is 4.57 Å². The summed E-state index contributed by atoms with van der Waals surface area (Å²) in [7, 11) is -3.01. The van der Waals surface area contributed by atoms with Gasteiger partial charge in [-0.1, -0.05) is 116 Å². The van der Waals surface area contributed by atoms with Gasteiger partial charge in [-0.15, -0.1) is 4.68 Å². The van der Waals surface area contributed by atoms with Crippen molar-refractivity contribution in [3.05, 3.63) is 167 Å². The van der Waals surface area contributed by atoms with Crippen molar-refractivity contribution in [1.82, 2.24) is 0 Å². The summed E-state index contributed by atoms with van der Waals surface area (Å²) in [5.41, 5.74) is 10.6. The Bertz CT molecular complexity index is 2390. The van der Waals surface area contributed by atoms with Crippen LogP contribution in [0.2, 0.25) is 0 Å². The van der Waals surface area contributed by atoms with E-state index in [4.69, 9.17) is 11.7 Å². The highest BCUT2D eigenvalue weighted by Crippen LogP contribution is 2.62. The van der Waals surface area contributed by atoms with Gasteiger partial charge < -0.3 is 4.57 Å². The van der Waals surface area contributed by atoms with Crippen molar-refractivity contribution >= 4 is 29.4 Å². The molecule has 4 N–H and O–H groups in total. The first kappa shape index (κ1) is 31.8. The summed E-state index contributed by atoms with van der Waals surface area (Å²) in [5, 5.41) is 0.932. The largest absolute Gasteiger partial charge is 0.309 e. The Hall–Kier alpha value is -5.19. The maximum absolute atomic E-state index is 15.2. The number of benzene rings is 4. The van der Waals surface area contributed by atoms with E-state index in [1.807, 2.05) is 29.2 Å². The van der Waals surface area contributed by atoms with Crippen LogP contribution in [0.25, 0.3) is 11.1 Å². The van der Waals surface area contributed by atoms with Gasteiger partial charge in [0.25, 0.3) is 5.44 Å². The Labute approximate surface area is 300 Å². The lowest BCUT2D eigenvalue weighted by molar-refractivity contribution is -0.626. The van der Waals surface area contributed by atoms with Crippen LogP contribution in [0.15, 0.2) is 134 Å². The highest BCUT2D eigenvalue weighted by atomic mass is 31.2. The molecule has 51 heavy (non-hydrogen) atoms. The zero-order chi connectivity index (χ0) is 35.3. The normalized spacial score (nSPS) is 20.9. The number of aromatic nitrogens is 2. The monoisotopic (exact) mass is 689 g/mol. The number of para-hydroxylation sites is 1. The predicted octanol–water partition coefficient (Wildman–Crippen LogP) is 6.71. The van der Waals surface area contributed by atoms with Gasteiger partial charge >= 0.3 is 5.82 Å². The minimum atomic E-state index is -3.01.